The molecule has 4 heteroatoms. The summed E-state index contributed by atoms with van der Waals surface area (Å²) in [7, 11) is 0. The first-order valence-corrected chi connectivity index (χ1v) is 4.61. The van der Waals surface area contributed by atoms with Crippen LogP contribution in [0, 0.1) is 5.92 Å². The van der Waals surface area contributed by atoms with Crippen molar-refractivity contribution in [1.29, 1.82) is 0 Å². The average molecular weight is 189 g/mol. The van der Waals surface area contributed by atoms with Crippen molar-refractivity contribution >= 4 is 5.97 Å². The molecule has 0 aliphatic carbocycles. The topological polar surface area (TPSA) is 58.6 Å². The third-order valence-corrected chi connectivity index (χ3v) is 1.82. The van der Waals surface area contributed by atoms with Crippen LogP contribution in [-0.2, 0) is 9.53 Å². The van der Waals surface area contributed by atoms with Gasteiger partial charge in [0.05, 0.1) is 19.8 Å². The molecule has 1 atom stereocenters. The molecule has 0 heterocycles. The van der Waals surface area contributed by atoms with E-state index in [1.54, 1.807) is 6.92 Å². The predicted octanol–water partition coefficient (Wildman–Crippen LogP) is 0.156. The van der Waals surface area contributed by atoms with Crippen molar-refractivity contribution in [2.45, 2.75) is 26.8 Å². The molecule has 0 saturated heterocycles. The maximum Gasteiger partial charge on any atom is 0.319 e. The largest absolute Gasteiger partial charge is 0.465 e. The molecule has 0 fully saturated rings. The summed E-state index contributed by atoms with van der Waals surface area (Å²) < 4.78 is 4.73. The van der Waals surface area contributed by atoms with Gasteiger partial charge in [-0.15, -0.1) is 0 Å². The number of rotatable bonds is 6. The van der Waals surface area contributed by atoms with Gasteiger partial charge in [-0.2, -0.15) is 0 Å². The SMILES string of the molecule is CCOC(=O)CN[C@H](CO)C(C)C. The molecule has 0 aliphatic rings. The molecule has 0 rings (SSSR count). The van der Waals surface area contributed by atoms with Gasteiger partial charge in [0.25, 0.3) is 0 Å². The molecule has 0 aromatic rings. The first-order chi connectivity index (χ1) is 6.11. The van der Waals surface area contributed by atoms with E-state index in [0.717, 1.165) is 0 Å². The summed E-state index contributed by atoms with van der Waals surface area (Å²) >= 11 is 0. The van der Waals surface area contributed by atoms with Gasteiger partial charge in [-0.25, -0.2) is 0 Å². The van der Waals surface area contributed by atoms with E-state index in [-0.39, 0.29) is 25.2 Å². The zero-order valence-corrected chi connectivity index (χ0v) is 8.54. The number of carbonyl (C=O) groups excluding carboxylic acids is 1. The van der Waals surface area contributed by atoms with E-state index < -0.39 is 0 Å². The van der Waals surface area contributed by atoms with E-state index >= 15 is 0 Å². The van der Waals surface area contributed by atoms with Crippen LogP contribution in [0.1, 0.15) is 20.8 Å². The molecular formula is C9H19NO3. The van der Waals surface area contributed by atoms with Crippen LogP contribution in [-0.4, -0.2) is 36.9 Å². The number of ether oxygens (including phenoxy) is 1. The van der Waals surface area contributed by atoms with Gasteiger partial charge in [0.1, 0.15) is 0 Å². The Bertz CT molecular complexity index is 148. The first-order valence-electron chi connectivity index (χ1n) is 4.61. The fourth-order valence-corrected chi connectivity index (χ4v) is 0.938. The Balaban J connectivity index is 3.65. The summed E-state index contributed by atoms with van der Waals surface area (Å²) in [6.07, 6.45) is 0. The maximum atomic E-state index is 10.9. The van der Waals surface area contributed by atoms with Crippen molar-refractivity contribution in [2.75, 3.05) is 19.8 Å². The number of nitrogens with one attached hydrogen (secondary N) is 1. The zero-order valence-electron chi connectivity index (χ0n) is 8.54. The summed E-state index contributed by atoms with van der Waals surface area (Å²) in [5, 5.41) is 11.9. The zero-order chi connectivity index (χ0) is 10.3. The van der Waals surface area contributed by atoms with Crippen LogP contribution in [0.2, 0.25) is 0 Å². The predicted molar refractivity (Wildman–Crippen MR) is 50.3 cm³/mol. The lowest BCUT2D eigenvalue weighted by Gasteiger charge is -2.19. The summed E-state index contributed by atoms with van der Waals surface area (Å²) in [5.74, 6) is 0.0287. The van der Waals surface area contributed by atoms with Gasteiger partial charge >= 0.3 is 5.97 Å². The van der Waals surface area contributed by atoms with E-state index in [9.17, 15) is 4.79 Å². The van der Waals surface area contributed by atoms with Gasteiger partial charge in [0.15, 0.2) is 0 Å². The highest BCUT2D eigenvalue weighted by molar-refractivity contribution is 5.71. The van der Waals surface area contributed by atoms with Gasteiger partial charge < -0.3 is 15.2 Å². The second-order valence-electron chi connectivity index (χ2n) is 3.22. The lowest BCUT2D eigenvalue weighted by molar-refractivity contribution is -0.142. The van der Waals surface area contributed by atoms with Crippen LogP contribution in [0.4, 0.5) is 0 Å². The highest BCUT2D eigenvalue weighted by Gasteiger charge is 2.12. The molecular weight excluding hydrogens is 170 g/mol. The van der Waals surface area contributed by atoms with Crippen LogP contribution in [0.5, 0.6) is 0 Å². The second-order valence-corrected chi connectivity index (χ2v) is 3.22. The quantitative estimate of drug-likeness (QED) is 0.584. The van der Waals surface area contributed by atoms with Gasteiger partial charge in [-0.1, -0.05) is 13.8 Å². The summed E-state index contributed by atoms with van der Waals surface area (Å²) in [4.78, 5) is 10.9. The molecule has 0 radical (unpaired) electrons. The fraction of sp³-hybridized carbons (Fsp3) is 0.889. The number of carbonyl (C=O) groups is 1. The van der Waals surface area contributed by atoms with Crippen LogP contribution in [0.25, 0.3) is 0 Å². The molecule has 2 N–H and O–H groups in total. The second kappa shape index (κ2) is 6.86. The number of hydrogen-bond donors (Lipinski definition) is 2. The number of esters is 1. The molecule has 0 aromatic heterocycles. The third kappa shape index (κ3) is 5.60. The molecule has 0 unspecified atom stereocenters. The standard InChI is InChI=1S/C9H19NO3/c1-4-13-9(12)5-10-8(6-11)7(2)3/h7-8,10-11H,4-6H2,1-3H3/t8-/m1/s1. The minimum atomic E-state index is -0.276. The lowest BCUT2D eigenvalue weighted by Crippen LogP contribution is -2.40. The summed E-state index contributed by atoms with van der Waals surface area (Å²) in [6.45, 7) is 6.34. The Labute approximate surface area is 79.3 Å². The minimum absolute atomic E-state index is 0.0376. The number of aliphatic hydroxyl groups is 1. The van der Waals surface area contributed by atoms with Gasteiger partial charge in [-0.05, 0) is 12.8 Å². The monoisotopic (exact) mass is 189 g/mol. The van der Waals surface area contributed by atoms with E-state index in [2.05, 4.69) is 5.32 Å². The van der Waals surface area contributed by atoms with Crippen LogP contribution < -0.4 is 5.32 Å². The van der Waals surface area contributed by atoms with Gasteiger partial charge in [-0.3, -0.25) is 4.79 Å². The molecule has 0 saturated carbocycles. The summed E-state index contributed by atoms with van der Waals surface area (Å²) in [6, 6.07) is -0.0376. The normalized spacial score (nSPS) is 13.0. The van der Waals surface area contributed by atoms with Crippen molar-refractivity contribution in [3.63, 3.8) is 0 Å². The van der Waals surface area contributed by atoms with Crippen molar-refractivity contribution in [3.05, 3.63) is 0 Å². The Hall–Kier alpha value is -0.610. The molecule has 0 aromatic carbocycles. The van der Waals surface area contributed by atoms with E-state index in [1.807, 2.05) is 13.8 Å². The average Bonchev–Trinajstić information content (AvgIpc) is 2.05. The molecule has 0 spiro atoms. The van der Waals surface area contributed by atoms with Crippen molar-refractivity contribution in [3.8, 4) is 0 Å². The lowest BCUT2D eigenvalue weighted by atomic mass is 10.1. The van der Waals surface area contributed by atoms with E-state index in [1.165, 1.54) is 0 Å². The Morgan fingerprint density at radius 3 is 2.54 bits per heavy atom. The third-order valence-electron chi connectivity index (χ3n) is 1.82. The Morgan fingerprint density at radius 2 is 2.15 bits per heavy atom. The fourth-order valence-electron chi connectivity index (χ4n) is 0.938. The molecule has 78 valence electrons. The number of hydrogen-bond acceptors (Lipinski definition) is 4. The van der Waals surface area contributed by atoms with Gasteiger partial charge in [0.2, 0.25) is 0 Å². The molecule has 0 bridgehead atoms. The van der Waals surface area contributed by atoms with Crippen LogP contribution in [0.15, 0.2) is 0 Å². The smallest absolute Gasteiger partial charge is 0.319 e. The maximum absolute atomic E-state index is 10.9. The van der Waals surface area contributed by atoms with E-state index in [4.69, 9.17) is 9.84 Å². The van der Waals surface area contributed by atoms with Crippen molar-refractivity contribution in [1.82, 2.24) is 5.32 Å². The van der Waals surface area contributed by atoms with Gasteiger partial charge in [0, 0.05) is 6.04 Å². The van der Waals surface area contributed by atoms with Crippen molar-refractivity contribution < 1.29 is 14.6 Å². The van der Waals surface area contributed by atoms with Crippen LogP contribution >= 0.6 is 0 Å². The highest BCUT2D eigenvalue weighted by atomic mass is 16.5. The molecule has 4 nitrogen and oxygen atoms in total. The minimum Gasteiger partial charge on any atom is -0.465 e. The van der Waals surface area contributed by atoms with E-state index in [0.29, 0.717) is 12.5 Å². The molecule has 0 aliphatic heterocycles. The molecule has 0 amide bonds. The summed E-state index contributed by atoms with van der Waals surface area (Å²) in [5.41, 5.74) is 0. The molecule has 13 heavy (non-hydrogen) atoms. The number of aliphatic hydroxyl groups excluding tert-OH is 1. The Kier molecular flexibility index (Phi) is 6.54. The van der Waals surface area contributed by atoms with Crippen LogP contribution in [0.3, 0.4) is 0 Å². The Morgan fingerprint density at radius 1 is 1.54 bits per heavy atom. The van der Waals surface area contributed by atoms with Crippen molar-refractivity contribution in [2.24, 2.45) is 5.92 Å². The highest BCUT2D eigenvalue weighted by Crippen LogP contribution is 1.99. The first kappa shape index (κ1) is 12.4.